The highest BCUT2D eigenvalue weighted by atomic mass is 127. The van der Waals surface area contributed by atoms with Crippen LogP contribution in [0.1, 0.15) is 16.5 Å². The Hall–Kier alpha value is -0.870. The zero-order valence-corrected chi connectivity index (χ0v) is 16.8. The molecule has 3 rings (SSSR count). The maximum absolute atomic E-state index is 13.5. The number of ether oxygens (including phenoxy) is 1. The van der Waals surface area contributed by atoms with Crippen molar-refractivity contribution < 1.29 is 9.13 Å². The minimum atomic E-state index is -0.336. The zero-order valence-electron chi connectivity index (χ0n) is 12.1. The number of fused-ring (bicyclic) bond motifs is 1. The monoisotopic (exact) mass is 511 g/mol. The molecule has 0 spiro atoms. The van der Waals surface area contributed by atoms with Gasteiger partial charge < -0.3 is 15.8 Å². The van der Waals surface area contributed by atoms with Gasteiger partial charge in [0.15, 0.2) is 5.96 Å². The highest BCUT2D eigenvalue weighted by molar-refractivity contribution is 14.0. The molecule has 1 unspecified atom stereocenters. The average Bonchev–Trinajstić information content (AvgIpc) is 3.11. The van der Waals surface area contributed by atoms with Gasteiger partial charge in [0, 0.05) is 29.5 Å². The minimum Gasteiger partial charge on any atom is -0.491 e. The summed E-state index contributed by atoms with van der Waals surface area (Å²) in [4.78, 5) is 5.61. The fraction of sp³-hybridized carbons (Fsp3) is 0.267. The van der Waals surface area contributed by atoms with Crippen LogP contribution in [0.15, 0.2) is 39.1 Å². The first-order valence-electron chi connectivity index (χ1n) is 6.84. The molecular weight excluding hydrogens is 496 g/mol. The Kier molecular flexibility index (Phi) is 6.66. The summed E-state index contributed by atoms with van der Waals surface area (Å²) in [5.74, 6) is 0.583. The first-order valence-corrected chi connectivity index (χ1v) is 8.51. The Balaban J connectivity index is 0.00000192. The van der Waals surface area contributed by atoms with Crippen LogP contribution in [0.5, 0.6) is 5.75 Å². The van der Waals surface area contributed by atoms with Gasteiger partial charge in [0.2, 0.25) is 0 Å². The van der Waals surface area contributed by atoms with Gasteiger partial charge in [-0.2, -0.15) is 0 Å². The number of aliphatic imine (C=N–C) groups is 1. The van der Waals surface area contributed by atoms with Gasteiger partial charge >= 0.3 is 0 Å². The summed E-state index contributed by atoms with van der Waals surface area (Å²) in [6, 6.07) is 7.09. The van der Waals surface area contributed by atoms with Crippen molar-refractivity contribution in [3.8, 4) is 5.75 Å². The minimum absolute atomic E-state index is 0. The lowest BCUT2D eigenvalue weighted by Crippen LogP contribution is -2.36. The molecule has 0 radical (unpaired) electrons. The van der Waals surface area contributed by atoms with Crippen molar-refractivity contribution >= 4 is 57.2 Å². The molecule has 0 aliphatic carbocycles. The Morgan fingerprint density at radius 2 is 2.35 bits per heavy atom. The van der Waals surface area contributed by atoms with E-state index in [1.54, 1.807) is 17.4 Å². The molecule has 23 heavy (non-hydrogen) atoms. The summed E-state index contributed by atoms with van der Waals surface area (Å²) in [5, 5.41) is 5.17. The molecule has 1 aliphatic rings. The maximum Gasteiger partial charge on any atom is 0.189 e. The summed E-state index contributed by atoms with van der Waals surface area (Å²) >= 11 is 4.90. The van der Waals surface area contributed by atoms with Crippen molar-refractivity contribution in [3.05, 3.63) is 50.4 Å². The molecular formula is C15H16BrFIN3OS. The van der Waals surface area contributed by atoms with Crippen molar-refractivity contribution in [3.63, 3.8) is 0 Å². The van der Waals surface area contributed by atoms with Crippen LogP contribution in [0.3, 0.4) is 0 Å². The predicted molar refractivity (Wildman–Crippen MR) is 105 cm³/mol. The quantitative estimate of drug-likeness (QED) is 0.372. The van der Waals surface area contributed by atoms with Crippen molar-refractivity contribution in [1.82, 2.24) is 5.32 Å². The lowest BCUT2D eigenvalue weighted by Gasteiger charge is -2.12. The average molecular weight is 512 g/mol. The number of benzene rings is 1. The lowest BCUT2D eigenvalue weighted by molar-refractivity contribution is 0.323. The third-order valence-corrected chi connectivity index (χ3v) is 4.92. The summed E-state index contributed by atoms with van der Waals surface area (Å²) in [5.41, 5.74) is 6.80. The van der Waals surface area contributed by atoms with E-state index in [-0.39, 0.29) is 35.8 Å². The zero-order chi connectivity index (χ0) is 15.5. The third kappa shape index (κ3) is 4.57. The van der Waals surface area contributed by atoms with Gasteiger partial charge in [-0.15, -0.1) is 35.3 Å². The molecule has 1 aliphatic heterocycles. The van der Waals surface area contributed by atoms with Crippen LogP contribution in [-0.2, 0) is 6.42 Å². The number of thiophene rings is 1. The SMILES string of the molecule is I.NC(=NCCc1cccs1)NC1COc2cc(F)c(Br)cc21. The molecule has 0 fully saturated rings. The molecule has 0 saturated heterocycles. The van der Waals surface area contributed by atoms with Crippen LogP contribution in [-0.4, -0.2) is 19.1 Å². The lowest BCUT2D eigenvalue weighted by atomic mass is 10.1. The fourth-order valence-electron chi connectivity index (χ4n) is 2.29. The smallest absolute Gasteiger partial charge is 0.189 e. The van der Waals surface area contributed by atoms with E-state index in [4.69, 9.17) is 10.5 Å². The summed E-state index contributed by atoms with van der Waals surface area (Å²) in [6.45, 7) is 1.04. The van der Waals surface area contributed by atoms with E-state index in [1.807, 2.05) is 11.4 Å². The molecule has 1 atom stereocenters. The molecule has 1 aromatic heterocycles. The molecule has 2 heterocycles. The molecule has 0 amide bonds. The van der Waals surface area contributed by atoms with Gasteiger partial charge in [-0.25, -0.2) is 4.39 Å². The second kappa shape index (κ2) is 8.29. The van der Waals surface area contributed by atoms with Gasteiger partial charge in [0.25, 0.3) is 0 Å². The number of rotatable bonds is 4. The summed E-state index contributed by atoms with van der Waals surface area (Å²) in [7, 11) is 0. The number of guanidine groups is 1. The first-order chi connectivity index (χ1) is 10.6. The molecule has 0 bridgehead atoms. The second-order valence-corrected chi connectivity index (χ2v) is 6.79. The standard InChI is InChI=1S/C15H15BrFN3OS.HI/c16-11-6-10-13(8-21-14(10)7-12(11)17)20-15(18)19-4-3-9-2-1-5-22-9;/h1-2,5-7,13H,3-4,8H2,(H3,18,19,20);1H. The summed E-state index contributed by atoms with van der Waals surface area (Å²) in [6.07, 6.45) is 0.870. The van der Waals surface area contributed by atoms with Crippen molar-refractivity contribution in [1.29, 1.82) is 0 Å². The van der Waals surface area contributed by atoms with E-state index in [2.05, 4.69) is 32.3 Å². The van der Waals surface area contributed by atoms with E-state index in [9.17, 15) is 4.39 Å². The molecule has 0 saturated carbocycles. The van der Waals surface area contributed by atoms with Crippen LogP contribution < -0.4 is 15.8 Å². The highest BCUT2D eigenvalue weighted by Gasteiger charge is 2.26. The normalized spacial score (nSPS) is 16.4. The van der Waals surface area contributed by atoms with E-state index < -0.39 is 0 Å². The van der Waals surface area contributed by atoms with Gasteiger partial charge in [-0.1, -0.05) is 6.07 Å². The van der Waals surface area contributed by atoms with E-state index >= 15 is 0 Å². The van der Waals surface area contributed by atoms with Gasteiger partial charge in [-0.05, 0) is 33.4 Å². The third-order valence-electron chi connectivity index (χ3n) is 3.38. The summed E-state index contributed by atoms with van der Waals surface area (Å²) < 4.78 is 19.4. The Bertz CT molecular complexity index is 696. The number of nitrogens with two attached hydrogens (primary N) is 1. The van der Waals surface area contributed by atoms with Crippen molar-refractivity contribution in [2.75, 3.05) is 13.2 Å². The fourth-order valence-corrected chi connectivity index (χ4v) is 3.35. The van der Waals surface area contributed by atoms with Crippen LogP contribution in [0.2, 0.25) is 0 Å². The van der Waals surface area contributed by atoms with Gasteiger partial charge in [0.1, 0.15) is 18.2 Å². The number of halogens is 3. The van der Waals surface area contributed by atoms with Crippen LogP contribution in [0.4, 0.5) is 4.39 Å². The molecule has 1 aromatic carbocycles. The van der Waals surface area contributed by atoms with E-state index in [0.29, 0.717) is 29.3 Å². The first kappa shape index (κ1) is 18.5. The Morgan fingerprint density at radius 1 is 1.52 bits per heavy atom. The van der Waals surface area contributed by atoms with Crippen LogP contribution in [0.25, 0.3) is 0 Å². The molecule has 124 valence electrons. The van der Waals surface area contributed by atoms with Gasteiger partial charge in [0.05, 0.1) is 10.5 Å². The number of nitrogens with zero attached hydrogens (tertiary/aromatic N) is 1. The second-order valence-electron chi connectivity index (χ2n) is 4.91. The van der Waals surface area contributed by atoms with E-state index in [0.717, 1.165) is 12.0 Å². The van der Waals surface area contributed by atoms with Crippen molar-refractivity contribution in [2.24, 2.45) is 10.7 Å². The number of nitrogens with one attached hydrogen (secondary N) is 1. The molecule has 2 aromatic rings. The molecule has 8 heteroatoms. The number of hydrogen-bond acceptors (Lipinski definition) is 3. The van der Waals surface area contributed by atoms with Gasteiger partial charge in [-0.3, -0.25) is 4.99 Å². The van der Waals surface area contributed by atoms with Crippen LogP contribution in [0, 0.1) is 5.82 Å². The van der Waals surface area contributed by atoms with Crippen LogP contribution >= 0.6 is 51.2 Å². The Labute approximate surface area is 163 Å². The predicted octanol–water partition coefficient (Wildman–Crippen LogP) is 3.85. The molecule has 3 N–H and O–H groups in total. The maximum atomic E-state index is 13.5. The highest BCUT2D eigenvalue weighted by Crippen LogP contribution is 2.35. The topological polar surface area (TPSA) is 59.6 Å². The molecule has 4 nitrogen and oxygen atoms in total. The van der Waals surface area contributed by atoms with Crippen molar-refractivity contribution in [2.45, 2.75) is 12.5 Å². The largest absolute Gasteiger partial charge is 0.491 e. The Morgan fingerprint density at radius 3 is 3.09 bits per heavy atom. The number of hydrogen-bond donors (Lipinski definition) is 2. The van der Waals surface area contributed by atoms with E-state index in [1.165, 1.54) is 10.9 Å².